The quantitative estimate of drug-likeness (QED) is 0.112. The number of carbonyl (C=O) groups excluding carboxylic acids is 1. The molecule has 2 nitrogen and oxygen atoms in total. The molecule has 1 atom stereocenters. The van der Waals surface area contributed by atoms with Gasteiger partial charge < -0.3 is 5.32 Å². The summed E-state index contributed by atoms with van der Waals surface area (Å²) in [5.41, 5.74) is 4.65. The van der Waals surface area contributed by atoms with Crippen LogP contribution in [0.3, 0.4) is 0 Å². The number of ketones is 1. The van der Waals surface area contributed by atoms with Crippen molar-refractivity contribution in [1.82, 2.24) is 0 Å². The van der Waals surface area contributed by atoms with Crippen LogP contribution in [0.1, 0.15) is 108 Å². The van der Waals surface area contributed by atoms with Gasteiger partial charge in [-0.05, 0) is 86.2 Å². The standard InChI is InChI=1S/C18H19NOS.C14H20S.2C2H6/c1-3-6-15-14-7-4-5-8-17(14)21-18-10-9-13(12(2)20)11-16(18)19-15;1-3-5-6-7-8-13-9-11-14(12-10-13)15-4-2;2*1-2/h4-5,7-11,15,19H,3,6H2,1-2H3;3,9-12H,1,4-8H2,2H3;2*1-2H3. The summed E-state index contributed by atoms with van der Waals surface area (Å²) >= 11 is 3.68. The monoisotopic (exact) mass is 577 g/mol. The Labute approximate surface area is 253 Å². The number of anilines is 1. The summed E-state index contributed by atoms with van der Waals surface area (Å²) in [7, 11) is 0. The van der Waals surface area contributed by atoms with Crippen LogP contribution < -0.4 is 5.32 Å². The van der Waals surface area contributed by atoms with Crippen LogP contribution in [-0.4, -0.2) is 11.5 Å². The Bertz CT molecular complexity index is 1120. The third-order valence-electron chi connectivity index (χ3n) is 6.17. The molecule has 1 heterocycles. The van der Waals surface area contributed by atoms with Gasteiger partial charge in [0.2, 0.25) is 0 Å². The highest BCUT2D eigenvalue weighted by Crippen LogP contribution is 2.43. The Morgan fingerprint density at radius 1 is 0.950 bits per heavy atom. The molecule has 0 saturated carbocycles. The molecule has 0 aliphatic carbocycles. The first kappa shape index (κ1) is 35.6. The van der Waals surface area contributed by atoms with Crippen molar-refractivity contribution in [2.75, 3.05) is 11.1 Å². The molecule has 4 heteroatoms. The van der Waals surface area contributed by atoms with Gasteiger partial charge in [-0.15, -0.1) is 18.3 Å². The molecule has 4 rings (SSSR count). The van der Waals surface area contributed by atoms with Gasteiger partial charge in [-0.3, -0.25) is 4.79 Å². The topological polar surface area (TPSA) is 29.1 Å². The Morgan fingerprint density at radius 3 is 2.27 bits per heavy atom. The Balaban J connectivity index is 0.000000373. The number of unbranched alkanes of at least 4 members (excludes halogenated alkanes) is 2. The van der Waals surface area contributed by atoms with Gasteiger partial charge in [-0.2, -0.15) is 0 Å². The summed E-state index contributed by atoms with van der Waals surface area (Å²) in [4.78, 5) is 15.5. The number of carbonyl (C=O) groups is 1. The number of hydrogen-bond acceptors (Lipinski definition) is 4. The van der Waals surface area contributed by atoms with Gasteiger partial charge in [0, 0.05) is 25.9 Å². The molecule has 1 aliphatic rings. The molecule has 218 valence electrons. The number of Topliss-reactive ketones (excluding diaryl/α,β-unsaturated/α-hetero) is 1. The van der Waals surface area contributed by atoms with Crippen molar-refractivity contribution in [2.24, 2.45) is 0 Å². The Hall–Kier alpha value is -2.43. The molecule has 3 aromatic rings. The third kappa shape index (κ3) is 12.0. The van der Waals surface area contributed by atoms with Crippen LogP contribution in [0.4, 0.5) is 5.69 Å². The average Bonchev–Trinajstić information content (AvgIpc) is 3.15. The van der Waals surface area contributed by atoms with E-state index in [0.717, 1.165) is 36.3 Å². The number of benzene rings is 3. The van der Waals surface area contributed by atoms with Crippen LogP contribution in [0.5, 0.6) is 0 Å². The summed E-state index contributed by atoms with van der Waals surface area (Å²) in [6.07, 6.45) is 9.08. The predicted molar refractivity (Wildman–Crippen MR) is 182 cm³/mol. The summed E-state index contributed by atoms with van der Waals surface area (Å²) in [5, 5.41) is 3.64. The average molecular weight is 578 g/mol. The second-order valence-electron chi connectivity index (χ2n) is 9.00. The number of rotatable bonds is 10. The summed E-state index contributed by atoms with van der Waals surface area (Å²) < 4.78 is 0. The minimum Gasteiger partial charge on any atom is -0.377 e. The van der Waals surface area contributed by atoms with Crippen LogP contribution in [0, 0.1) is 0 Å². The maximum Gasteiger partial charge on any atom is 0.159 e. The van der Waals surface area contributed by atoms with E-state index in [1.54, 1.807) is 18.7 Å². The predicted octanol–water partition coefficient (Wildman–Crippen LogP) is 12.1. The maximum atomic E-state index is 11.6. The van der Waals surface area contributed by atoms with E-state index < -0.39 is 0 Å². The van der Waals surface area contributed by atoms with Gasteiger partial charge in [0.25, 0.3) is 0 Å². The lowest BCUT2D eigenvalue weighted by atomic mass is 10.0. The zero-order valence-electron chi connectivity index (χ0n) is 25.9. The number of nitrogens with one attached hydrogen (secondary N) is 1. The van der Waals surface area contributed by atoms with E-state index in [4.69, 9.17) is 0 Å². The van der Waals surface area contributed by atoms with Gasteiger partial charge in [-0.25, -0.2) is 0 Å². The molecular formula is C36H51NOS2. The zero-order valence-corrected chi connectivity index (χ0v) is 27.5. The van der Waals surface area contributed by atoms with Crippen molar-refractivity contribution in [3.63, 3.8) is 0 Å². The van der Waals surface area contributed by atoms with Gasteiger partial charge >= 0.3 is 0 Å². The molecule has 3 aromatic carbocycles. The highest BCUT2D eigenvalue weighted by molar-refractivity contribution is 7.99. The van der Waals surface area contributed by atoms with Gasteiger partial charge in [0.1, 0.15) is 0 Å². The smallest absolute Gasteiger partial charge is 0.159 e. The van der Waals surface area contributed by atoms with Crippen LogP contribution >= 0.6 is 23.5 Å². The number of fused-ring (bicyclic) bond motifs is 2. The first-order chi connectivity index (χ1) is 19.5. The van der Waals surface area contributed by atoms with E-state index in [1.165, 1.54) is 45.1 Å². The summed E-state index contributed by atoms with van der Waals surface area (Å²) in [6, 6.07) is 23.8. The molecule has 0 radical (unpaired) electrons. The van der Waals surface area contributed by atoms with Crippen LogP contribution in [0.2, 0.25) is 0 Å². The van der Waals surface area contributed by atoms with Crippen LogP contribution in [-0.2, 0) is 6.42 Å². The van der Waals surface area contributed by atoms with E-state index in [1.807, 2.05) is 57.7 Å². The lowest BCUT2D eigenvalue weighted by Crippen LogP contribution is -2.10. The molecule has 0 saturated heterocycles. The Kier molecular flexibility index (Phi) is 19.0. The molecule has 1 N–H and O–H groups in total. The lowest BCUT2D eigenvalue weighted by molar-refractivity contribution is 0.101. The zero-order chi connectivity index (χ0) is 29.8. The summed E-state index contributed by atoms with van der Waals surface area (Å²) in [5.74, 6) is 1.26. The number of allylic oxidation sites excluding steroid dienone is 1. The van der Waals surface area contributed by atoms with E-state index in [-0.39, 0.29) is 5.78 Å². The van der Waals surface area contributed by atoms with Gasteiger partial charge in [0.05, 0.1) is 6.04 Å². The SMILES string of the molecule is C=CCCCCc1ccc(SCC)cc1.CC.CC.CCCC1Nc2cc(C(C)=O)ccc2Sc2ccccc21. The van der Waals surface area contributed by atoms with Crippen molar-refractivity contribution < 1.29 is 4.79 Å². The van der Waals surface area contributed by atoms with Crippen molar-refractivity contribution in [3.05, 3.63) is 96.1 Å². The molecule has 40 heavy (non-hydrogen) atoms. The molecule has 1 aliphatic heterocycles. The van der Waals surface area contributed by atoms with Crippen molar-refractivity contribution in [3.8, 4) is 0 Å². The normalized spacial score (nSPS) is 12.7. The fourth-order valence-electron chi connectivity index (χ4n) is 4.25. The molecule has 0 aromatic heterocycles. The molecular weight excluding hydrogens is 527 g/mol. The molecule has 0 spiro atoms. The molecule has 1 unspecified atom stereocenters. The van der Waals surface area contributed by atoms with E-state index >= 15 is 0 Å². The fourth-order valence-corrected chi connectivity index (χ4v) is 5.99. The minimum atomic E-state index is 0.110. The number of thioether (sulfide) groups is 1. The highest BCUT2D eigenvalue weighted by atomic mass is 32.2. The number of aryl methyl sites for hydroxylation is 1. The largest absolute Gasteiger partial charge is 0.377 e. The minimum absolute atomic E-state index is 0.110. The van der Waals surface area contributed by atoms with E-state index in [9.17, 15) is 4.79 Å². The highest BCUT2D eigenvalue weighted by Gasteiger charge is 2.21. The number of hydrogen-bond donors (Lipinski definition) is 1. The molecule has 0 fully saturated rings. The summed E-state index contributed by atoms with van der Waals surface area (Å²) in [6.45, 7) is 17.7. The first-order valence-electron chi connectivity index (χ1n) is 15.1. The van der Waals surface area contributed by atoms with E-state index in [0.29, 0.717) is 6.04 Å². The van der Waals surface area contributed by atoms with Crippen LogP contribution in [0.15, 0.2) is 94.1 Å². The van der Waals surface area contributed by atoms with E-state index in [2.05, 4.69) is 80.3 Å². The van der Waals surface area contributed by atoms with Gasteiger partial charge in [0.15, 0.2) is 5.78 Å². The van der Waals surface area contributed by atoms with Crippen molar-refractivity contribution in [2.45, 2.75) is 108 Å². The fraction of sp³-hybridized carbons (Fsp3) is 0.417. The first-order valence-corrected chi connectivity index (χ1v) is 16.9. The maximum absolute atomic E-state index is 11.6. The van der Waals surface area contributed by atoms with Crippen molar-refractivity contribution >= 4 is 35.0 Å². The molecule has 0 bridgehead atoms. The molecule has 0 amide bonds. The second-order valence-corrected chi connectivity index (χ2v) is 11.4. The van der Waals surface area contributed by atoms with Gasteiger partial charge in [-0.1, -0.05) is 102 Å². The van der Waals surface area contributed by atoms with Crippen molar-refractivity contribution in [1.29, 1.82) is 0 Å². The van der Waals surface area contributed by atoms with Crippen LogP contribution in [0.25, 0.3) is 0 Å². The Morgan fingerprint density at radius 2 is 1.65 bits per heavy atom. The second kappa shape index (κ2) is 21.3. The lowest BCUT2D eigenvalue weighted by Gasteiger charge is -2.19. The third-order valence-corrected chi connectivity index (χ3v) is 8.23.